The van der Waals surface area contributed by atoms with Crippen LogP contribution in [-0.2, 0) is 4.79 Å². The molecule has 19 heavy (non-hydrogen) atoms. The average Bonchev–Trinajstić information content (AvgIpc) is 2.73. The summed E-state index contributed by atoms with van der Waals surface area (Å²) >= 11 is 0. The lowest BCUT2D eigenvalue weighted by Crippen LogP contribution is -2.47. The van der Waals surface area contributed by atoms with Crippen LogP contribution in [0.3, 0.4) is 0 Å². The van der Waals surface area contributed by atoms with Crippen LogP contribution in [-0.4, -0.2) is 37.0 Å². The molecule has 1 saturated heterocycles. The van der Waals surface area contributed by atoms with Gasteiger partial charge in [-0.3, -0.25) is 4.79 Å². The molecule has 3 nitrogen and oxygen atoms in total. The molecule has 0 aromatic rings. The van der Waals surface area contributed by atoms with E-state index in [-0.39, 0.29) is 5.41 Å². The van der Waals surface area contributed by atoms with Gasteiger partial charge in [-0.25, -0.2) is 0 Å². The van der Waals surface area contributed by atoms with Crippen molar-refractivity contribution in [3.05, 3.63) is 0 Å². The van der Waals surface area contributed by atoms with Crippen LogP contribution < -0.4 is 5.32 Å². The topological polar surface area (TPSA) is 32.3 Å². The summed E-state index contributed by atoms with van der Waals surface area (Å²) in [5, 5.41) is 3.40. The predicted octanol–water partition coefficient (Wildman–Crippen LogP) is 2.95. The van der Waals surface area contributed by atoms with Crippen molar-refractivity contribution in [3.8, 4) is 0 Å². The molecule has 0 aromatic heterocycles. The Bertz CT molecular complexity index is 289. The molecule has 0 bridgehead atoms. The fourth-order valence-corrected chi connectivity index (χ4v) is 3.91. The number of nitrogens with one attached hydrogen (secondary N) is 1. The molecule has 1 aliphatic heterocycles. The lowest BCUT2D eigenvalue weighted by molar-refractivity contribution is -0.142. The molecule has 1 saturated carbocycles. The Balaban J connectivity index is 2.03. The van der Waals surface area contributed by atoms with E-state index in [1.807, 2.05) is 7.05 Å². The Hall–Kier alpha value is -0.570. The van der Waals surface area contributed by atoms with Crippen molar-refractivity contribution in [1.82, 2.24) is 10.2 Å². The zero-order valence-electron chi connectivity index (χ0n) is 12.7. The molecular weight excluding hydrogens is 236 g/mol. The van der Waals surface area contributed by atoms with E-state index in [4.69, 9.17) is 0 Å². The Morgan fingerprint density at radius 2 is 1.95 bits per heavy atom. The zero-order valence-corrected chi connectivity index (χ0v) is 12.7. The Morgan fingerprint density at radius 3 is 2.47 bits per heavy atom. The lowest BCUT2D eigenvalue weighted by Gasteiger charge is -2.36. The van der Waals surface area contributed by atoms with Gasteiger partial charge in [-0.1, -0.05) is 39.0 Å². The third kappa shape index (κ3) is 3.31. The van der Waals surface area contributed by atoms with Gasteiger partial charge in [-0.05, 0) is 32.2 Å². The van der Waals surface area contributed by atoms with Crippen LogP contribution in [0.25, 0.3) is 0 Å². The van der Waals surface area contributed by atoms with Gasteiger partial charge < -0.3 is 10.2 Å². The monoisotopic (exact) mass is 266 g/mol. The van der Waals surface area contributed by atoms with Crippen LogP contribution in [0.5, 0.6) is 0 Å². The van der Waals surface area contributed by atoms with E-state index in [0.717, 1.165) is 32.4 Å². The van der Waals surface area contributed by atoms with E-state index in [1.54, 1.807) is 0 Å². The van der Waals surface area contributed by atoms with E-state index >= 15 is 0 Å². The van der Waals surface area contributed by atoms with Gasteiger partial charge in [-0.2, -0.15) is 0 Å². The molecule has 0 aromatic carbocycles. The van der Waals surface area contributed by atoms with E-state index in [0.29, 0.717) is 11.9 Å². The van der Waals surface area contributed by atoms with Gasteiger partial charge in [0.1, 0.15) is 0 Å². The Morgan fingerprint density at radius 1 is 1.26 bits per heavy atom. The minimum absolute atomic E-state index is 0.101. The number of hydrogen-bond acceptors (Lipinski definition) is 2. The summed E-state index contributed by atoms with van der Waals surface area (Å²) in [5.41, 5.74) is -0.101. The number of hydrogen-bond donors (Lipinski definition) is 1. The molecule has 3 heteroatoms. The van der Waals surface area contributed by atoms with Gasteiger partial charge in [0.15, 0.2) is 0 Å². The first-order chi connectivity index (χ1) is 9.19. The molecule has 1 heterocycles. The molecule has 110 valence electrons. The number of amides is 1. The second-order valence-corrected chi connectivity index (χ2v) is 6.52. The number of rotatable bonds is 4. The van der Waals surface area contributed by atoms with Crippen molar-refractivity contribution in [2.24, 2.45) is 5.41 Å². The first kappa shape index (κ1) is 14.8. The highest BCUT2D eigenvalue weighted by Gasteiger charge is 2.43. The van der Waals surface area contributed by atoms with Crippen molar-refractivity contribution in [1.29, 1.82) is 0 Å². The minimum atomic E-state index is -0.101. The molecule has 1 aliphatic carbocycles. The molecule has 2 rings (SSSR count). The first-order valence-electron chi connectivity index (χ1n) is 8.17. The second-order valence-electron chi connectivity index (χ2n) is 6.52. The summed E-state index contributed by atoms with van der Waals surface area (Å²) in [6, 6.07) is 0.490. The van der Waals surface area contributed by atoms with E-state index in [1.165, 1.54) is 38.5 Å². The molecule has 0 spiro atoms. The molecule has 0 radical (unpaired) electrons. The fraction of sp³-hybridized carbons (Fsp3) is 0.938. The number of carbonyl (C=O) groups excluding carboxylic acids is 1. The third-order valence-electron chi connectivity index (χ3n) is 5.12. The Kier molecular flexibility index (Phi) is 5.26. The Labute approximate surface area is 118 Å². The van der Waals surface area contributed by atoms with Crippen molar-refractivity contribution in [2.45, 2.75) is 70.8 Å². The summed E-state index contributed by atoms with van der Waals surface area (Å²) in [6.07, 6.45) is 10.9. The van der Waals surface area contributed by atoms with E-state index in [2.05, 4.69) is 17.1 Å². The van der Waals surface area contributed by atoms with Crippen LogP contribution in [0.1, 0.15) is 64.7 Å². The van der Waals surface area contributed by atoms with Gasteiger partial charge in [0.25, 0.3) is 0 Å². The van der Waals surface area contributed by atoms with Crippen LogP contribution >= 0.6 is 0 Å². The summed E-state index contributed by atoms with van der Waals surface area (Å²) in [6.45, 7) is 4.08. The molecule has 1 atom stereocenters. The fourth-order valence-electron chi connectivity index (χ4n) is 3.91. The molecule has 1 unspecified atom stereocenters. The van der Waals surface area contributed by atoms with Crippen LogP contribution in [0.2, 0.25) is 0 Å². The summed E-state index contributed by atoms with van der Waals surface area (Å²) < 4.78 is 0. The largest absolute Gasteiger partial charge is 0.342 e. The smallest absolute Gasteiger partial charge is 0.230 e. The van der Waals surface area contributed by atoms with Gasteiger partial charge in [-0.15, -0.1) is 0 Å². The summed E-state index contributed by atoms with van der Waals surface area (Å²) in [5.74, 6) is 0.409. The van der Waals surface area contributed by atoms with Gasteiger partial charge >= 0.3 is 0 Å². The molecular formula is C16H30N2O. The third-order valence-corrected chi connectivity index (χ3v) is 5.12. The second kappa shape index (κ2) is 6.74. The van der Waals surface area contributed by atoms with Crippen molar-refractivity contribution in [3.63, 3.8) is 0 Å². The standard InChI is InChI=1S/C16H30N2O/c1-3-10-16(11-12-17-13-16)15(19)18(2)14-8-6-4-5-7-9-14/h14,17H,3-13H2,1-2H3. The maximum Gasteiger partial charge on any atom is 0.230 e. The van der Waals surface area contributed by atoms with Crippen molar-refractivity contribution in [2.75, 3.05) is 20.1 Å². The van der Waals surface area contributed by atoms with Crippen LogP contribution in [0.4, 0.5) is 0 Å². The maximum atomic E-state index is 13.0. The highest BCUT2D eigenvalue weighted by molar-refractivity contribution is 5.83. The minimum Gasteiger partial charge on any atom is -0.342 e. The molecule has 2 fully saturated rings. The van der Waals surface area contributed by atoms with E-state index in [9.17, 15) is 4.79 Å². The van der Waals surface area contributed by atoms with Crippen molar-refractivity contribution < 1.29 is 4.79 Å². The quantitative estimate of drug-likeness (QED) is 0.794. The number of carbonyl (C=O) groups is 1. The zero-order chi connectivity index (χ0) is 13.7. The normalized spacial score (nSPS) is 29.2. The summed E-state index contributed by atoms with van der Waals surface area (Å²) in [4.78, 5) is 15.1. The summed E-state index contributed by atoms with van der Waals surface area (Å²) in [7, 11) is 2.05. The molecule has 2 aliphatic rings. The maximum absolute atomic E-state index is 13.0. The predicted molar refractivity (Wildman–Crippen MR) is 79.1 cm³/mol. The lowest BCUT2D eigenvalue weighted by atomic mass is 9.80. The van der Waals surface area contributed by atoms with Gasteiger partial charge in [0.2, 0.25) is 5.91 Å². The highest BCUT2D eigenvalue weighted by Crippen LogP contribution is 2.34. The highest BCUT2D eigenvalue weighted by atomic mass is 16.2. The molecule has 1 N–H and O–H groups in total. The van der Waals surface area contributed by atoms with Crippen LogP contribution in [0, 0.1) is 5.41 Å². The van der Waals surface area contributed by atoms with Crippen LogP contribution in [0.15, 0.2) is 0 Å². The van der Waals surface area contributed by atoms with Gasteiger partial charge in [0.05, 0.1) is 5.41 Å². The van der Waals surface area contributed by atoms with Gasteiger partial charge in [0, 0.05) is 19.6 Å². The SMILES string of the molecule is CCCC1(C(=O)N(C)C2CCCCCC2)CCNC1. The van der Waals surface area contributed by atoms with Crippen molar-refractivity contribution >= 4 is 5.91 Å². The first-order valence-corrected chi connectivity index (χ1v) is 8.17. The van der Waals surface area contributed by atoms with E-state index < -0.39 is 0 Å². The molecule has 1 amide bonds. The number of nitrogens with zero attached hydrogens (tertiary/aromatic N) is 1. The average molecular weight is 266 g/mol.